The van der Waals surface area contributed by atoms with Crippen LogP contribution in [0.5, 0.6) is 0 Å². The van der Waals surface area contributed by atoms with Gasteiger partial charge in [-0.15, -0.1) is 0 Å². The molecule has 0 fully saturated rings. The number of nitrogens with zero attached hydrogens (tertiary/aromatic N) is 1. The molecule has 4 rings (SSSR count). The summed E-state index contributed by atoms with van der Waals surface area (Å²) in [6, 6.07) is 20.2. The highest BCUT2D eigenvalue weighted by Crippen LogP contribution is 2.23. The number of halogens is 1. The quantitative estimate of drug-likeness (QED) is 0.476. The van der Waals surface area contributed by atoms with Gasteiger partial charge in [0.05, 0.1) is 21.6 Å². The Hall–Kier alpha value is -3.55. The number of rotatable bonds is 2. The second kappa shape index (κ2) is 8.06. The van der Waals surface area contributed by atoms with E-state index in [1.165, 1.54) is 0 Å². The monoisotopic (exact) mass is 414 g/mol. The highest BCUT2D eigenvalue weighted by atomic mass is 35.5. The summed E-state index contributed by atoms with van der Waals surface area (Å²) in [5, 5.41) is 0.778. The van der Waals surface area contributed by atoms with E-state index in [1.54, 1.807) is 24.3 Å². The van der Waals surface area contributed by atoms with E-state index in [9.17, 15) is 9.59 Å². The van der Waals surface area contributed by atoms with Crippen molar-refractivity contribution in [2.24, 2.45) is 0 Å². The van der Waals surface area contributed by atoms with E-state index >= 15 is 0 Å². The van der Waals surface area contributed by atoms with Crippen LogP contribution in [0.4, 0.5) is 0 Å². The van der Waals surface area contributed by atoms with Crippen molar-refractivity contribution in [2.75, 3.05) is 0 Å². The fourth-order valence-corrected chi connectivity index (χ4v) is 3.68. The number of aromatic nitrogens is 2. The molecular formula is C25H19ClN2O2. The summed E-state index contributed by atoms with van der Waals surface area (Å²) in [7, 11) is 0. The third kappa shape index (κ3) is 3.68. The molecule has 3 aromatic carbocycles. The zero-order valence-corrected chi connectivity index (χ0v) is 17.3. The molecule has 1 aromatic heterocycles. The van der Waals surface area contributed by atoms with Crippen LogP contribution in [0.1, 0.15) is 36.5 Å². The van der Waals surface area contributed by atoms with Gasteiger partial charge in [-0.05, 0) is 47.9 Å². The van der Waals surface area contributed by atoms with Crippen LogP contribution in [0.15, 0.2) is 76.3 Å². The molecule has 4 nitrogen and oxygen atoms in total. The molecular weight excluding hydrogens is 396 g/mol. The highest BCUT2D eigenvalue weighted by molar-refractivity contribution is 6.32. The molecule has 0 saturated carbocycles. The third-order valence-electron chi connectivity index (χ3n) is 4.89. The summed E-state index contributed by atoms with van der Waals surface area (Å²) in [5.74, 6) is 6.26. The van der Waals surface area contributed by atoms with Crippen molar-refractivity contribution < 1.29 is 0 Å². The van der Waals surface area contributed by atoms with Crippen molar-refractivity contribution in [3.8, 4) is 17.5 Å². The Morgan fingerprint density at radius 2 is 1.63 bits per heavy atom. The van der Waals surface area contributed by atoms with E-state index in [4.69, 9.17) is 11.6 Å². The van der Waals surface area contributed by atoms with Gasteiger partial charge in [-0.2, -0.15) is 0 Å². The lowest BCUT2D eigenvalue weighted by Crippen LogP contribution is -2.34. The second-order valence-electron chi connectivity index (χ2n) is 7.28. The maximum atomic E-state index is 13.3. The van der Waals surface area contributed by atoms with Crippen LogP contribution in [-0.4, -0.2) is 9.55 Å². The van der Waals surface area contributed by atoms with Crippen LogP contribution in [0.3, 0.4) is 0 Å². The Morgan fingerprint density at radius 1 is 0.900 bits per heavy atom. The molecule has 1 heterocycles. The lowest BCUT2D eigenvalue weighted by molar-refractivity contribution is 0.858. The van der Waals surface area contributed by atoms with Gasteiger partial charge in [0.25, 0.3) is 5.56 Å². The predicted octanol–water partition coefficient (Wildman–Crippen LogP) is 4.86. The average molecular weight is 415 g/mol. The molecule has 0 amide bonds. The van der Waals surface area contributed by atoms with Crippen molar-refractivity contribution in [3.05, 3.63) is 109 Å². The summed E-state index contributed by atoms with van der Waals surface area (Å²) in [6.07, 6.45) is 0. The number of nitrogens with one attached hydrogen (secondary N) is 1. The van der Waals surface area contributed by atoms with Gasteiger partial charge >= 0.3 is 5.69 Å². The largest absolute Gasteiger partial charge is 0.333 e. The van der Waals surface area contributed by atoms with Gasteiger partial charge in [0.1, 0.15) is 0 Å². The SMILES string of the molecule is CC(C)c1cccc2[nH]c(=O)n(-c3ccc(C#Cc4ccccc4)cc3Cl)c(=O)c12. The van der Waals surface area contributed by atoms with E-state index in [0.717, 1.165) is 15.7 Å². The first-order valence-electron chi connectivity index (χ1n) is 9.60. The van der Waals surface area contributed by atoms with Crippen LogP contribution in [-0.2, 0) is 0 Å². The molecule has 4 aromatic rings. The molecule has 0 spiro atoms. The van der Waals surface area contributed by atoms with Gasteiger partial charge in [-0.25, -0.2) is 9.36 Å². The van der Waals surface area contributed by atoms with Crippen molar-refractivity contribution in [1.29, 1.82) is 0 Å². The Kier molecular flexibility index (Phi) is 5.31. The Balaban J connectivity index is 1.85. The van der Waals surface area contributed by atoms with Crippen LogP contribution in [0.2, 0.25) is 5.02 Å². The molecule has 0 aliphatic carbocycles. The number of benzene rings is 3. The van der Waals surface area contributed by atoms with Gasteiger partial charge < -0.3 is 4.98 Å². The van der Waals surface area contributed by atoms with E-state index in [0.29, 0.717) is 22.2 Å². The summed E-state index contributed by atoms with van der Waals surface area (Å²) in [6.45, 7) is 4.02. The minimum Gasteiger partial charge on any atom is -0.306 e. The highest BCUT2D eigenvalue weighted by Gasteiger charge is 2.16. The van der Waals surface area contributed by atoms with Gasteiger partial charge in [0, 0.05) is 11.1 Å². The van der Waals surface area contributed by atoms with Crippen molar-refractivity contribution >= 4 is 22.5 Å². The van der Waals surface area contributed by atoms with E-state index in [-0.39, 0.29) is 16.5 Å². The number of H-pyrrole nitrogens is 1. The molecule has 0 aliphatic heterocycles. The van der Waals surface area contributed by atoms with Gasteiger partial charge in [-0.1, -0.05) is 67.6 Å². The van der Waals surface area contributed by atoms with Crippen LogP contribution in [0, 0.1) is 11.8 Å². The molecule has 30 heavy (non-hydrogen) atoms. The standard InChI is InChI=1S/C25H19ClN2O2/c1-16(2)19-9-6-10-21-23(19)24(29)28(25(30)27-21)22-14-13-18(15-20(22)26)12-11-17-7-4-3-5-8-17/h3-10,13-16H,1-2H3,(H,27,30). The fraction of sp³-hybridized carbons (Fsp3) is 0.120. The topological polar surface area (TPSA) is 54.9 Å². The van der Waals surface area contributed by atoms with E-state index in [2.05, 4.69) is 16.8 Å². The molecule has 0 saturated heterocycles. The van der Waals surface area contributed by atoms with Crippen molar-refractivity contribution in [1.82, 2.24) is 9.55 Å². The van der Waals surface area contributed by atoms with Crippen LogP contribution < -0.4 is 11.2 Å². The minimum atomic E-state index is -0.529. The lowest BCUT2D eigenvalue weighted by atomic mass is 9.99. The number of hydrogen-bond donors (Lipinski definition) is 1. The van der Waals surface area contributed by atoms with E-state index < -0.39 is 5.69 Å². The summed E-state index contributed by atoms with van der Waals surface area (Å²) >= 11 is 6.46. The average Bonchev–Trinajstić information content (AvgIpc) is 2.73. The smallest absolute Gasteiger partial charge is 0.306 e. The Labute approximate surface area is 178 Å². The fourth-order valence-electron chi connectivity index (χ4n) is 3.42. The number of hydrogen-bond acceptors (Lipinski definition) is 2. The molecule has 1 N–H and O–H groups in total. The lowest BCUT2D eigenvalue weighted by Gasteiger charge is -2.12. The van der Waals surface area contributed by atoms with Crippen molar-refractivity contribution in [3.63, 3.8) is 0 Å². The first-order chi connectivity index (χ1) is 14.5. The van der Waals surface area contributed by atoms with Crippen molar-refractivity contribution in [2.45, 2.75) is 19.8 Å². The number of aromatic amines is 1. The molecule has 0 atom stereocenters. The molecule has 0 radical (unpaired) electrons. The van der Waals surface area contributed by atoms with Gasteiger partial charge in [0.2, 0.25) is 0 Å². The first-order valence-corrected chi connectivity index (χ1v) is 9.98. The normalized spacial score (nSPS) is 10.8. The summed E-state index contributed by atoms with van der Waals surface area (Å²) < 4.78 is 1.09. The van der Waals surface area contributed by atoms with Gasteiger partial charge in [0.15, 0.2) is 0 Å². The van der Waals surface area contributed by atoms with Crippen LogP contribution >= 0.6 is 11.6 Å². The summed E-state index contributed by atoms with van der Waals surface area (Å²) in [4.78, 5) is 28.8. The first kappa shape index (κ1) is 19.8. The molecule has 148 valence electrons. The van der Waals surface area contributed by atoms with Gasteiger partial charge in [-0.3, -0.25) is 4.79 Å². The zero-order valence-electron chi connectivity index (χ0n) is 16.6. The molecule has 0 aliphatic rings. The maximum absolute atomic E-state index is 13.3. The van der Waals surface area contributed by atoms with Crippen LogP contribution in [0.25, 0.3) is 16.6 Å². The Morgan fingerprint density at radius 3 is 2.33 bits per heavy atom. The minimum absolute atomic E-state index is 0.131. The molecule has 0 unspecified atom stereocenters. The summed E-state index contributed by atoms with van der Waals surface area (Å²) in [5.41, 5.74) is 2.40. The maximum Gasteiger partial charge on any atom is 0.333 e. The molecule has 0 bridgehead atoms. The Bertz CT molecular complexity index is 1420. The third-order valence-corrected chi connectivity index (χ3v) is 5.20. The predicted molar refractivity (Wildman–Crippen MR) is 122 cm³/mol. The number of fused-ring (bicyclic) bond motifs is 1. The second-order valence-corrected chi connectivity index (χ2v) is 7.68. The molecule has 5 heteroatoms. The zero-order chi connectivity index (χ0) is 21.3. The van der Waals surface area contributed by atoms with E-state index in [1.807, 2.05) is 56.3 Å².